The van der Waals surface area contributed by atoms with Gasteiger partial charge >= 0.3 is 7.12 Å². The molecular weight excluding hydrogens is 707 g/mol. The zero-order valence-electron chi connectivity index (χ0n) is 29.3. The lowest BCUT2D eigenvalue weighted by molar-refractivity contribution is -0.0366. The van der Waals surface area contributed by atoms with Crippen LogP contribution in [0.3, 0.4) is 0 Å². The van der Waals surface area contributed by atoms with Gasteiger partial charge in [0.05, 0.1) is 19.8 Å². The molecule has 2 aliphatic rings. The van der Waals surface area contributed by atoms with E-state index in [9.17, 15) is 17.6 Å². The van der Waals surface area contributed by atoms with Crippen LogP contribution in [0.1, 0.15) is 62.8 Å². The van der Waals surface area contributed by atoms with Gasteiger partial charge in [-0.15, -0.1) is 0 Å². The van der Waals surface area contributed by atoms with Crippen LogP contribution in [0.4, 0.5) is 29.2 Å². The number of rotatable bonds is 8. The number of nitrogens with zero attached hydrogens (tertiary/aromatic N) is 6. The van der Waals surface area contributed by atoms with Crippen LogP contribution in [0.15, 0.2) is 48.5 Å². The molecule has 0 atom stereocenters. The summed E-state index contributed by atoms with van der Waals surface area (Å²) >= 11 is 5.73. The average molecular weight is 749 g/mol. The third-order valence-corrected chi connectivity index (χ3v) is 8.37. The van der Waals surface area contributed by atoms with Crippen LogP contribution in [0, 0.1) is 13.8 Å². The predicted molar refractivity (Wildman–Crippen MR) is 191 cm³/mol. The van der Waals surface area contributed by atoms with Crippen LogP contribution in [-0.2, 0) is 0 Å². The van der Waals surface area contributed by atoms with Gasteiger partial charge in [-0.1, -0.05) is 12.1 Å². The summed E-state index contributed by atoms with van der Waals surface area (Å²) in [5.74, 6) is -2.45. The lowest BCUT2D eigenvalue weighted by Gasteiger charge is -2.29. The summed E-state index contributed by atoms with van der Waals surface area (Å²) in [6.45, 7) is 3.68. The molecule has 2 saturated carbocycles. The van der Waals surface area contributed by atoms with E-state index in [1.54, 1.807) is 31.4 Å². The van der Waals surface area contributed by atoms with Gasteiger partial charge < -0.3 is 30.2 Å². The zero-order chi connectivity index (χ0) is 37.9. The van der Waals surface area contributed by atoms with Crippen molar-refractivity contribution in [3.63, 3.8) is 0 Å². The number of pyridine rings is 2. The summed E-state index contributed by atoms with van der Waals surface area (Å²) < 4.78 is 62.4. The normalized spacial score (nSPS) is 16.7. The fourth-order valence-corrected chi connectivity index (χ4v) is 5.72. The second kappa shape index (κ2) is 18.4. The van der Waals surface area contributed by atoms with E-state index in [0.717, 1.165) is 11.4 Å². The Morgan fingerprint density at radius 3 is 1.67 bits per heavy atom. The largest absolute Gasteiger partial charge is 0.508 e. The molecule has 4 N–H and O–H groups in total. The SMILES string of the molecule is COc1cccc(-c2nc(C)cc(NC3CCC(F)(F)CC3)n2)n1.COc1cccc(B(O)O)n1.Cc1cc(NC2CCC(F)(F)CC2)nc(Cl)n1. The Balaban J connectivity index is 0.000000188. The average Bonchev–Trinajstić information content (AvgIpc) is 3.10. The van der Waals surface area contributed by atoms with Crippen molar-refractivity contribution in [2.45, 2.75) is 89.1 Å². The molecule has 4 heterocycles. The van der Waals surface area contributed by atoms with Crippen LogP contribution in [-0.4, -0.2) is 85.2 Å². The second-order valence-electron chi connectivity index (χ2n) is 12.5. The van der Waals surface area contributed by atoms with E-state index >= 15 is 0 Å². The number of alkyl halides is 4. The first-order chi connectivity index (χ1) is 24.6. The highest BCUT2D eigenvalue weighted by Gasteiger charge is 2.36. The standard InChI is InChI=1S/C17H20F2N4O.C11H14ClF2N3.C6H8BNO3/c1-11-10-14(21-12-6-8-17(18,19)9-7-12)23-16(20-11)13-4-3-5-15(22-13)24-2;1-7-6-9(17-10(12)15-7)16-8-2-4-11(13,14)5-3-8;1-11-6-4-2-3-5(8-6)7(9)10/h3-5,10,12H,6-9H2,1-2H3,(H,20,21,23);6,8H,2-5H2,1H3,(H,15,16,17);2-4,9-10H,1H3. The molecule has 4 aromatic rings. The van der Waals surface area contributed by atoms with E-state index in [-0.39, 0.29) is 48.6 Å². The molecule has 4 aromatic heterocycles. The highest BCUT2D eigenvalue weighted by atomic mass is 35.5. The van der Waals surface area contributed by atoms with Crippen molar-refractivity contribution >= 4 is 35.9 Å². The first-order valence-electron chi connectivity index (χ1n) is 16.7. The summed E-state index contributed by atoms with van der Waals surface area (Å²) in [5.41, 5.74) is 2.34. The van der Waals surface area contributed by atoms with E-state index in [1.165, 1.54) is 13.2 Å². The summed E-state index contributed by atoms with van der Waals surface area (Å²) in [6.07, 6.45) is 1.47. The van der Waals surface area contributed by atoms with Crippen molar-refractivity contribution < 1.29 is 37.1 Å². The van der Waals surface area contributed by atoms with Gasteiger partial charge in [-0.2, -0.15) is 0 Å². The van der Waals surface area contributed by atoms with Gasteiger partial charge in [0.2, 0.25) is 28.9 Å². The molecule has 2 fully saturated rings. The smallest absolute Gasteiger partial charge is 0.481 e. The van der Waals surface area contributed by atoms with E-state index < -0.39 is 19.0 Å². The number of hydrogen-bond acceptors (Lipinski definition) is 12. The Hall–Kier alpha value is -4.35. The molecule has 6 rings (SSSR count). The molecule has 18 heteroatoms. The number of anilines is 2. The molecule has 12 nitrogen and oxygen atoms in total. The van der Waals surface area contributed by atoms with Crippen LogP contribution in [0.25, 0.3) is 11.5 Å². The molecular formula is C34H42BClF4N8O4. The van der Waals surface area contributed by atoms with Crippen molar-refractivity contribution in [1.82, 2.24) is 29.9 Å². The first kappa shape index (κ1) is 40.4. The van der Waals surface area contributed by atoms with Gasteiger partial charge in [0.25, 0.3) is 0 Å². The zero-order valence-corrected chi connectivity index (χ0v) is 30.0. The quantitative estimate of drug-likeness (QED) is 0.0941. The van der Waals surface area contributed by atoms with Gasteiger partial charge in [-0.25, -0.2) is 47.5 Å². The molecule has 0 bridgehead atoms. The minimum Gasteiger partial charge on any atom is -0.481 e. The Labute approximate surface area is 305 Å². The molecule has 0 unspecified atom stereocenters. The fraction of sp³-hybridized carbons (Fsp3) is 0.471. The maximum Gasteiger partial charge on any atom is 0.508 e. The number of hydrogen-bond donors (Lipinski definition) is 4. The van der Waals surface area contributed by atoms with Crippen molar-refractivity contribution in [2.24, 2.45) is 0 Å². The Kier molecular flexibility index (Phi) is 14.3. The van der Waals surface area contributed by atoms with E-state index in [2.05, 4.69) is 40.5 Å². The maximum absolute atomic E-state index is 13.3. The topological polar surface area (TPSA) is 160 Å². The fourth-order valence-electron chi connectivity index (χ4n) is 5.49. The third-order valence-electron chi connectivity index (χ3n) is 8.20. The number of aromatic nitrogens is 6. The summed E-state index contributed by atoms with van der Waals surface area (Å²) in [4.78, 5) is 25.0. The highest BCUT2D eigenvalue weighted by molar-refractivity contribution is 6.57. The Morgan fingerprint density at radius 2 is 1.17 bits per heavy atom. The molecule has 0 aromatic carbocycles. The summed E-state index contributed by atoms with van der Waals surface area (Å²) in [7, 11) is 1.48. The lowest BCUT2D eigenvalue weighted by Crippen LogP contribution is -2.32. The number of halogens is 5. The van der Waals surface area contributed by atoms with E-state index in [0.29, 0.717) is 60.6 Å². The van der Waals surface area contributed by atoms with Crippen molar-refractivity contribution in [3.8, 4) is 23.3 Å². The first-order valence-corrected chi connectivity index (χ1v) is 17.1. The van der Waals surface area contributed by atoms with Crippen LogP contribution < -0.4 is 25.7 Å². The minimum absolute atomic E-state index is 0.00467. The molecule has 0 saturated heterocycles. The van der Waals surface area contributed by atoms with E-state index in [1.807, 2.05) is 32.0 Å². The maximum atomic E-state index is 13.3. The highest BCUT2D eigenvalue weighted by Crippen LogP contribution is 2.35. The minimum atomic E-state index is -2.53. The lowest BCUT2D eigenvalue weighted by atomic mass is 9.86. The summed E-state index contributed by atoms with van der Waals surface area (Å²) in [6, 6.07) is 13.8. The number of aryl methyl sites for hydroxylation is 2. The number of methoxy groups -OCH3 is 2. The third kappa shape index (κ3) is 13.0. The Morgan fingerprint density at radius 1 is 0.692 bits per heavy atom. The van der Waals surface area contributed by atoms with Gasteiger partial charge in [0, 0.05) is 73.4 Å². The molecule has 2 aliphatic carbocycles. The molecule has 0 radical (unpaired) electrons. The molecule has 280 valence electrons. The van der Waals surface area contributed by atoms with E-state index in [4.69, 9.17) is 31.1 Å². The van der Waals surface area contributed by atoms with Gasteiger partial charge in [0.1, 0.15) is 17.3 Å². The Bertz CT molecular complexity index is 1720. The van der Waals surface area contributed by atoms with Crippen molar-refractivity contribution in [3.05, 3.63) is 65.2 Å². The van der Waals surface area contributed by atoms with Gasteiger partial charge in [0.15, 0.2) is 5.82 Å². The van der Waals surface area contributed by atoms with Gasteiger partial charge in [-0.05, 0) is 63.3 Å². The molecule has 0 spiro atoms. The second-order valence-corrected chi connectivity index (χ2v) is 12.8. The summed E-state index contributed by atoms with van der Waals surface area (Å²) in [5, 5.41) is 23.9. The number of nitrogens with one attached hydrogen (secondary N) is 2. The van der Waals surface area contributed by atoms with Crippen LogP contribution in [0.5, 0.6) is 11.8 Å². The molecule has 0 amide bonds. The van der Waals surface area contributed by atoms with Crippen LogP contribution >= 0.6 is 11.6 Å². The molecule has 0 aliphatic heterocycles. The van der Waals surface area contributed by atoms with Crippen molar-refractivity contribution in [2.75, 3.05) is 24.9 Å². The monoisotopic (exact) mass is 748 g/mol. The van der Waals surface area contributed by atoms with Crippen molar-refractivity contribution in [1.29, 1.82) is 0 Å². The number of ether oxygens (including phenoxy) is 2. The van der Waals surface area contributed by atoms with Gasteiger partial charge in [-0.3, -0.25) is 0 Å². The predicted octanol–water partition coefficient (Wildman–Crippen LogP) is 6.04. The van der Waals surface area contributed by atoms with Crippen LogP contribution in [0.2, 0.25) is 5.28 Å². The molecule has 52 heavy (non-hydrogen) atoms.